The van der Waals surface area contributed by atoms with Gasteiger partial charge in [0.1, 0.15) is 5.82 Å². The zero-order chi connectivity index (χ0) is 15.2. The molecule has 0 bridgehead atoms. The van der Waals surface area contributed by atoms with Gasteiger partial charge in [0.25, 0.3) is 0 Å². The molecule has 1 fully saturated rings. The van der Waals surface area contributed by atoms with Crippen molar-refractivity contribution in [1.82, 2.24) is 15.0 Å². The number of nitrogens with zero attached hydrogens (tertiary/aromatic N) is 4. The van der Waals surface area contributed by atoms with E-state index in [0.29, 0.717) is 5.95 Å². The van der Waals surface area contributed by atoms with Crippen molar-refractivity contribution in [1.29, 1.82) is 0 Å². The fourth-order valence-electron chi connectivity index (χ4n) is 2.56. The number of hydrogen-bond donors (Lipinski definition) is 1. The van der Waals surface area contributed by atoms with Crippen LogP contribution < -0.4 is 10.6 Å². The van der Waals surface area contributed by atoms with Crippen LogP contribution in [0.15, 0.2) is 30.3 Å². The third kappa shape index (κ3) is 4.10. The lowest BCUT2D eigenvalue weighted by Crippen LogP contribution is -2.31. The van der Waals surface area contributed by atoms with Crippen molar-refractivity contribution in [2.24, 2.45) is 0 Å². The number of aromatic nitrogens is 3. The van der Waals surface area contributed by atoms with Gasteiger partial charge in [0.2, 0.25) is 11.9 Å². The predicted molar refractivity (Wildman–Crippen MR) is 91.7 cm³/mol. The maximum atomic E-state index is 5.85. The summed E-state index contributed by atoms with van der Waals surface area (Å²) in [7, 11) is 0. The smallest absolute Gasteiger partial charge is 0.230 e. The fourth-order valence-corrected chi connectivity index (χ4v) is 3.40. The summed E-state index contributed by atoms with van der Waals surface area (Å²) in [5, 5.41) is 0. The van der Waals surface area contributed by atoms with Crippen LogP contribution in [-0.2, 0) is 11.5 Å². The second kappa shape index (κ2) is 7.45. The maximum absolute atomic E-state index is 5.85. The molecule has 1 saturated heterocycles. The zero-order valence-corrected chi connectivity index (χ0v) is 13.4. The fraction of sp³-hybridized carbons (Fsp3) is 0.438. The van der Waals surface area contributed by atoms with Crippen molar-refractivity contribution >= 4 is 23.7 Å². The summed E-state index contributed by atoms with van der Waals surface area (Å²) in [5.74, 6) is 3.54. The minimum Gasteiger partial charge on any atom is -0.368 e. The highest BCUT2D eigenvalue weighted by Crippen LogP contribution is 2.19. The first-order chi connectivity index (χ1) is 10.8. The highest BCUT2D eigenvalue weighted by Gasteiger charge is 2.15. The number of rotatable bonds is 5. The van der Waals surface area contributed by atoms with Gasteiger partial charge in [0.05, 0.1) is 5.75 Å². The Hall–Kier alpha value is -1.82. The first kappa shape index (κ1) is 15.1. The highest BCUT2D eigenvalue weighted by atomic mass is 32.2. The van der Waals surface area contributed by atoms with E-state index >= 15 is 0 Å². The van der Waals surface area contributed by atoms with Gasteiger partial charge in [-0.25, -0.2) is 0 Å². The molecule has 5 nitrogen and oxygen atoms in total. The average Bonchev–Trinajstić information content (AvgIpc) is 2.56. The molecule has 0 radical (unpaired) electrons. The van der Waals surface area contributed by atoms with E-state index < -0.39 is 0 Å². The second-order valence-corrected chi connectivity index (χ2v) is 6.42. The third-order valence-electron chi connectivity index (χ3n) is 3.67. The Balaban J connectivity index is 1.62. The molecule has 1 aromatic carbocycles. The summed E-state index contributed by atoms with van der Waals surface area (Å²) < 4.78 is 0. The quantitative estimate of drug-likeness (QED) is 0.915. The van der Waals surface area contributed by atoms with Crippen LogP contribution in [0, 0.1) is 0 Å². The van der Waals surface area contributed by atoms with E-state index in [4.69, 9.17) is 5.73 Å². The molecule has 2 N–H and O–H groups in total. The minimum atomic E-state index is 0.325. The van der Waals surface area contributed by atoms with Crippen molar-refractivity contribution < 1.29 is 0 Å². The molecule has 2 aromatic rings. The summed E-state index contributed by atoms with van der Waals surface area (Å²) in [6, 6.07) is 10.4. The Morgan fingerprint density at radius 2 is 1.73 bits per heavy atom. The third-order valence-corrected chi connectivity index (χ3v) is 4.67. The van der Waals surface area contributed by atoms with E-state index in [2.05, 4.69) is 44.1 Å². The largest absolute Gasteiger partial charge is 0.368 e. The van der Waals surface area contributed by atoms with Crippen LogP contribution in [0.1, 0.15) is 30.7 Å². The van der Waals surface area contributed by atoms with Gasteiger partial charge < -0.3 is 10.6 Å². The Morgan fingerprint density at radius 3 is 2.50 bits per heavy atom. The van der Waals surface area contributed by atoms with Crippen LogP contribution in [0.4, 0.5) is 11.9 Å². The van der Waals surface area contributed by atoms with Gasteiger partial charge in [-0.3, -0.25) is 0 Å². The standard InChI is InChI=1S/C16H21N5S/c17-15-18-14(12-22-11-13-7-3-1-4-8-13)19-16(20-15)21-9-5-2-6-10-21/h1,3-4,7-8H,2,5-6,9-12H2,(H2,17,18,19,20). The van der Waals surface area contributed by atoms with Crippen LogP contribution in [0.25, 0.3) is 0 Å². The summed E-state index contributed by atoms with van der Waals surface area (Å²) >= 11 is 1.80. The number of nitrogen functional groups attached to an aromatic ring is 1. The number of benzene rings is 1. The van der Waals surface area contributed by atoms with Crippen molar-refractivity contribution in [2.45, 2.75) is 30.8 Å². The van der Waals surface area contributed by atoms with Crippen LogP contribution in [0.2, 0.25) is 0 Å². The monoisotopic (exact) mass is 315 g/mol. The van der Waals surface area contributed by atoms with Crippen LogP contribution in [-0.4, -0.2) is 28.0 Å². The lowest BCUT2D eigenvalue weighted by Gasteiger charge is -2.26. The Morgan fingerprint density at radius 1 is 0.955 bits per heavy atom. The molecule has 1 aliphatic rings. The minimum absolute atomic E-state index is 0.325. The maximum Gasteiger partial charge on any atom is 0.230 e. The molecule has 116 valence electrons. The molecule has 0 atom stereocenters. The zero-order valence-electron chi connectivity index (χ0n) is 12.6. The average molecular weight is 315 g/mol. The molecular formula is C16H21N5S. The molecule has 0 spiro atoms. The van der Waals surface area contributed by atoms with E-state index in [1.165, 1.54) is 24.8 Å². The normalized spacial score (nSPS) is 15.0. The van der Waals surface area contributed by atoms with Gasteiger partial charge in [-0.15, -0.1) is 11.8 Å². The summed E-state index contributed by atoms with van der Waals surface area (Å²) in [6.07, 6.45) is 3.68. The van der Waals surface area contributed by atoms with E-state index in [1.807, 2.05) is 6.07 Å². The molecule has 22 heavy (non-hydrogen) atoms. The SMILES string of the molecule is Nc1nc(CSCc2ccccc2)nc(N2CCCCC2)n1. The Kier molecular flexibility index (Phi) is 5.11. The Bertz CT molecular complexity index is 599. The van der Waals surface area contributed by atoms with E-state index in [-0.39, 0.29) is 0 Å². The predicted octanol–water partition coefficient (Wildman–Crippen LogP) is 2.88. The second-order valence-electron chi connectivity index (χ2n) is 5.44. The van der Waals surface area contributed by atoms with Crippen LogP contribution >= 0.6 is 11.8 Å². The molecule has 1 aromatic heterocycles. The van der Waals surface area contributed by atoms with Crippen molar-refractivity contribution in [3.8, 4) is 0 Å². The van der Waals surface area contributed by atoms with Gasteiger partial charge in [-0.1, -0.05) is 30.3 Å². The van der Waals surface area contributed by atoms with Gasteiger partial charge in [-0.2, -0.15) is 15.0 Å². The molecule has 1 aliphatic heterocycles. The van der Waals surface area contributed by atoms with Crippen LogP contribution in [0.3, 0.4) is 0 Å². The molecule has 0 unspecified atom stereocenters. The van der Waals surface area contributed by atoms with E-state index in [1.54, 1.807) is 11.8 Å². The number of piperidine rings is 1. The molecular weight excluding hydrogens is 294 g/mol. The van der Waals surface area contributed by atoms with E-state index in [0.717, 1.165) is 36.4 Å². The molecule has 0 amide bonds. The summed E-state index contributed by atoms with van der Waals surface area (Å²) in [5.41, 5.74) is 7.16. The number of thioether (sulfide) groups is 1. The van der Waals surface area contributed by atoms with Gasteiger partial charge in [0, 0.05) is 18.8 Å². The van der Waals surface area contributed by atoms with Crippen LogP contribution in [0.5, 0.6) is 0 Å². The Labute approximate surface area is 135 Å². The van der Waals surface area contributed by atoms with Crippen molar-refractivity contribution in [3.05, 3.63) is 41.7 Å². The molecule has 2 heterocycles. The topological polar surface area (TPSA) is 67.9 Å². The lowest BCUT2D eigenvalue weighted by molar-refractivity contribution is 0.567. The number of hydrogen-bond acceptors (Lipinski definition) is 6. The molecule has 6 heteroatoms. The molecule has 3 rings (SSSR count). The molecule has 0 aliphatic carbocycles. The van der Waals surface area contributed by atoms with Crippen molar-refractivity contribution in [3.63, 3.8) is 0 Å². The first-order valence-electron chi connectivity index (χ1n) is 7.68. The lowest BCUT2D eigenvalue weighted by atomic mass is 10.1. The molecule has 0 saturated carbocycles. The summed E-state index contributed by atoms with van der Waals surface area (Å²) in [6.45, 7) is 2.03. The first-order valence-corrected chi connectivity index (χ1v) is 8.84. The highest BCUT2D eigenvalue weighted by molar-refractivity contribution is 7.97. The number of nitrogens with two attached hydrogens (primary N) is 1. The van der Waals surface area contributed by atoms with Gasteiger partial charge in [0.15, 0.2) is 0 Å². The van der Waals surface area contributed by atoms with Gasteiger partial charge in [-0.05, 0) is 24.8 Å². The van der Waals surface area contributed by atoms with Gasteiger partial charge >= 0.3 is 0 Å². The van der Waals surface area contributed by atoms with Crippen molar-refractivity contribution in [2.75, 3.05) is 23.7 Å². The summed E-state index contributed by atoms with van der Waals surface area (Å²) in [4.78, 5) is 15.4. The number of anilines is 2. The van der Waals surface area contributed by atoms with E-state index in [9.17, 15) is 0 Å².